The molecule has 12 heavy (non-hydrogen) atoms. The molecule has 0 aromatic rings. The minimum atomic E-state index is -0.708. The van der Waals surface area contributed by atoms with Crippen molar-refractivity contribution in [2.24, 2.45) is 0 Å². The number of aliphatic hydroxyl groups is 1. The lowest BCUT2D eigenvalue weighted by Crippen LogP contribution is -2.44. The third-order valence-corrected chi connectivity index (χ3v) is 2.29. The van der Waals surface area contributed by atoms with Gasteiger partial charge in [0.1, 0.15) is 0 Å². The van der Waals surface area contributed by atoms with Crippen LogP contribution in [0.4, 0.5) is 0 Å². The van der Waals surface area contributed by atoms with Gasteiger partial charge >= 0.3 is 0 Å². The maximum Gasteiger partial charge on any atom is 0.219 e. The van der Waals surface area contributed by atoms with Gasteiger partial charge in [-0.2, -0.15) is 0 Å². The molecule has 0 aromatic heterocycles. The lowest BCUT2D eigenvalue weighted by Gasteiger charge is -2.27. The predicted octanol–water partition coefficient (Wildman–Crippen LogP) is -0.811. The highest BCUT2D eigenvalue weighted by Gasteiger charge is 2.32. The van der Waals surface area contributed by atoms with Gasteiger partial charge in [0.2, 0.25) is 5.91 Å². The van der Waals surface area contributed by atoms with Gasteiger partial charge in [0.25, 0.3) is 0 Å². The second kappa shape index (κ2) is 3.41. The van der Waals surface area contributed by atoms with Crippen LogP contribution in [0.5, 0.6) is 0 Å². The normalized spacial score (nSPS) is 28.9. The summed E-state index contributed by atoms with van der Waals surface area (Å²) in [4.78, 5) is 12.4. The van der Waals surface area contributed by atoms with Crippen molar-refractivity contribution in [3.05, 3.63) is 0 Å². The first-order valence-electron chi connectivity index (χ1n) is 4.18. The number of carbonyl (C=O) groups excluding carboxylic acids is 1. The number of carbonyl (C=O) groups is 1. The van der Waals surface area contributed by atoms with E-state index in [9.17, 15) is 9.90 Å². The fourth-order valence-corrected chi connectivity index (χ4v) is 1.42. The topological polar surface area (TPSA) is 52.6 Å². The summed E-state index contributed by atoms with van der Waals surface area (Å²) in [6.07, 6.45) is 0.727. The highest BCUT2D eigenvalue weighted by molar-refractivity contribution is 5.72. The highest BCUT2D eigenvalue weighted by Crippen LogP contribution is 2.14. The summed E-state index contributed by atoms with van der Waals surface area (Å²) in [5.41, 5.74) is -0.708. The van der Waals surface area contributed by atoms with Crippen LogP contribution in [0.3, 0.4) is 0 Å². The third kappa shape index (κ3) is 2.19. The second-order valence-corrected chi connectivity index (χ2v) is 3.53. The Morgan fingerprint density at radius 1 is 1.75 bits per heavy atom. The van der Waals surface area contributed by atoms with Crippen molar-refractivity contribution < 1.29 is 9.90 Å². The Labute approximate surface area is 72.6 Å². The standard InChI is InChI=1S/C8H16N2O2/c1-7(11)10(2)6-8(12)3-4-9-5-8/h9,12H,3-6H2,1-2H3. The molecule has 0 aliphatic carbocycles. The van der Waals surface area contributed by atoms with Crippen molar-refractivity contribution in [1.82, 2.24) is 10.2 Å². The van der Waals surface area contributed by atoms with E-state index >= 15 is 0 Å². The molecule has 1 fully saturated rings. The van der Waals surface area contributed by atoms with Crippen molar-refractivity contribution >= 4 is 5.91 Å². The van der Waals surface area contributed by atoms with Gasteiger partial charge in [-0.05, 0) is 13.0 Å². The zero-order valence-electron chi connectivity index (χ0n) is 7.63. The molecular weight excluding hydrogens is 156 g/mol. The Morgan fingerprint density at radius 2 is 2.42 bits per heavy atom. The number of nitrogens with zero attached hydrogens (tertiary/aromatic N) is 1. The molecule has 1 rings (SSSR count). The van der Waals surface area contributed by atoms with Crippen molar-refractivity contribution in [2.75, 3.05) is 26.7 Å². The van der Waals surface area contributed by atoms with E-state index in [0.29, 0.717) is 13.1 Å². The molecule has 1 aliphatic heterocycles. The first-order valence-corrected chi connectivity index (χ1v) is 4.18. The van der Waals surface area contributed by atoms with Gasteiger partial charge in [-0.1, -0.05) is 0 Å². The lowest BCUT2D eigenvalue weighted by molar-refractivity contribution is -0.130. The number of rotatable bonds is 2. The summed E-state index contributed by atoms with van der Waals surface area (Å²) in [6, 6.07) is 0. The Morgan fingerprint density at radius 3 is 2.83 bits per heavy atom. The van der Waals surface area contributed by atoms with Gasteiger partial charge < -0.3 is 15.3 Å². The number of nitrogens with one attached hydrogen (secondary N) is 1. The van der Waals surface area contributed by atoms with Crippen LogP contribution >= 0.6 is 0 Å². The summed E-state index contributed by atoms with van der Waals surface area (Å²) in [5, 5.41) is 12.9. The van der Waals surface area contributed by atoms with Crippen LogP contribution in [0, 0.1) is 0 Å². The maximum absolute atomic E-state index is 10.9. The van der Waals surface area contributed by atoms with Crippen LogP contribution in [0.2, 0.25) is 0 Å². The number of amides is 1. The number of hydrogen-bond acceptors (Lipinski definition) is 3. The average Bonchev–Trinajstić information content (AvgIpc) is 2.35. The van der Waals surface area contributed by atoms with Crippen LogP contribution in [0.1, 0.15) is 13.3 Å². The third-order valence-electron chi connectivity index (χ3n) is 2.29. The number of likely N-dealkylation sites (N-methyl/N-ethyl adjacent to an activating group) is 1. The average molecular weight is 172 g/mol. The highest BCUT2D eigenvalue weighted by atomic mass is 16.3. The summed E-state index contributed by atoms with van der Waals surface area (Å²) in [6.45, 7) is 3.36. The molecule has 0 saturated carbocycles. The molecule has 1 atom stereocenters. The molecule has 1 heterocycles. The van der Waals surface area contributed by atoms with Crippen molar-refractivity contribution in [1.29, 1.82) is 0 Å². The molecular formula is C8H16N2O2. The van der Waals surface area contributed by atoms with E-state index < -0.39 is 5.60 Å². The molecule has 70 valence electrons. The Bertz CT molecular complexity index is 176. The van der Waals surface area contributed by atoms with Crippen molar-refractivity contribution in [3.8, 4) is 0 Å². The largest absolute Gasteiger partial charge is 0.387 e. The van der Waals surface area contributed by atoms with Gasteiger partial charge in [-0.25, -0.2) is 0 Å². The first kappa shape index (κ1) is 9.48. The zero-order valence-corrected chi connectivity index (χ0v) is 7.63. The van der Waals surface area contributed by atoms with E-state index in [1.54, 1.807) is 11.9 Å². The van der Waals surface area contributed by atoms with Crippen LogP contribution in [0.15, 0.2) is 0 Å². The van der Waals surface area contributed by atoms with Crippen molar-refractivity contribution in [3.63, 3.8) is 0 Å². The van der Waals surface area contributed by atoms with Crippen LogP contribution in [0.25, 0.3) is 0 Å². The smallest absolute Gasteiger partial charge is 0.219 e. The molecule has 0 radical (unpaired) electrons. The number of hydrogen-bond donors (Lipinski definition) is 2. The summed E-state index contributed by atoms with van der Waals surface area (Å²) >= 11 is 0. The molecule has 4 heteroatoms. The van der Waals surface area contributed by atoms with Crippen LogP contribution in [-0.4, -0.2) is 48.2 Å². The summed E-state index contributed by atoms with van der Waals surface area (Å²) in [5.74, 6) is -0.00433. The van der Waals surface area contributed by atoms with E-state index in [2.05, 4.69) is 5.32 Å². The van der Waals surface area contributed by atoms with Gasteiger partial charge in [0.05, 0.1) is 12.1 Å². The summed E-state index contributed by atoms with van der Waals surface area (Å²) in [7, 11) is 1.71. The lowest BCUT2D eigenvalue weighted by atomic mass is 10.0. The molecule has 1 saturated heterocycles. The van der Waals surface area contributed by atoms with Crippen LogP contribution < -0.4 is 5.32 Å². The van der Waals surface area contributed by atoms with Gasteiger partial charge in [0, 0.05) is 20.5 Å². The van der Waals surface area contributed by atoms with E-state index in [4.69, 9.17) is 0 Å². The fraction of sp³-hybridized carbons (Fsp3) is 0.875. The van der Waals surface area contributed by atoms with Gasteiger partial charge in [-0.3, -0.25) is 4.79 Å². The second-order valence-electron chi connectivity index (χ2n) is 3.53. The minimum absolute atomic E-state index is 0.00433. The molecule has 0 spiro atoms. The van der Waals surface area contributed by atoms with Crippen molar-refractivity contribution in [2.45, 2.75) is 18.9 Å². The molecule has 1 aliphatic rings. The molecule has 1 amide bonds. The Kier molecular flexibility index (Phi) is 2.69. The molecule has 2 N–H and O–H groups in total. The molecule has 0 aromatic carbocycles. The SMILES string of the molecule is CC(=O)N(C)CC1(O)CCNC1. The number of β-amino-alcohol motifs (C(OH)–C–C–N with tert-alkyl or cyclic N) is 1. The van der Waals surface area contributed by atoms with E-state index in [0.717, 1.165) is 13.0 Å². The van der Waals surface area contributed by atoms with Gasteiger partial charge in [-0.15, -0.1) is 0 Å². The van der Waals surface area contributed by atoms with E-state index in [-0.39, 0.29) is 5.91 Å². The van der Waals surface area contributed by atoms with Crippen LogP contribution in [-0.2, 0) is 4.79 Å². The quantitative estimate of drug-likeness (QED) is 0.573. The van der Waals surface area contributed by atoms with E-state index in [1.807, 2.05) is 0 Å². The molecule has 0 bridgehead atoms. The molecule has 1 unspecified atom stereocenters. The Hall–Kier alpha value is -0.610. The minimum Gasteiger partial charge on any atom is -0.387 e. The Balaban J connectivity index is 2.43. The first-order chi connectivity index (χ1) is 5.53. The monoisotopic (exact) mass is 172 g/mol. The van der Waals surface area contributed by atoms with E-state index in [1.165, 1.54) is 6.92 Å². The zero-order chi connectivity index (χ0) is 9.19. The fourth-order valence-electron chi connectivity index (χ4n) is 1.42. The summed E-state index contributed by atoms with van der Waals surface area (Å²) < 4.78 is 0. The predicted molar refractivity (Wildman–Crippen MR) is 45.7 cm³/mol. The molecule has 4 nitrogen and oxygen atoms in total. The van der Waals surface area contributed by atoms with Gasteiger partial charge in [0.15, 0.2) is 0 Å². The maximum atomic E-state index is 10.9.